The van der Waals surface area contributed by atoms with Crippen LogP contribution in [0.4, 0.5) is 0 Å². The Morgan fingerprint density at radius 3 is 2.88 bits per heavy atom. The van der Waals surface area contributed by atoms with Crippen molar-refractivity contribution < 1.29 is 0 Å². The highest BCUT2D eigenvalue weighted by atomic mass is 35.5. The predicted molar refractivity (Wildman–Crippen MR) is 71.1 cm³/mol. The first-order chi connectivity index (χ1) is 8.22. The molecule has 3 heteroatoms. The summed E-state index contributed by atoms with van der Waals surface area (Å²) in [6.07, 6.45) is 4.34. The molecule has 2 aromatic rings. The molecule has 1 atom stereocenters. The zero-order chi connectivity index (χ0) is 12.3. The Morgan fingerprint density at radius 1 is 1.35 bits per heavy atom. The molecule has 0 amide bonds. The Hall–Kier alpha value is -1.38. The number of hydrogen-bond acceptors (Lipinski definition) is 2. The van der Waals surface area contributed by atoms with E-state index >= 15 is 0 Å². The van der Waals surface area contributed by atoms with E-state index in [9.17, 15) is 0 Å². The Labute approximate surface area is 106 Å². The summed E-state index contributed by atoms with van der Waals surface area (Å²) in [6, 6.07) is 9.96. The first-order valence-corrected chi connectivity index (χ1v) is 6.04. The summed E-state index contributed by atoms with van der Waals surface area (Å²) < 4.78 is 0. The van der Waals surface area contributed by atoms with Crippen molar-refractivity contribution >= 4 is 11.6 Å². The second-order valence-electron chi connectivity index (χ2n) is 3.97. The van der Waals surface area contributed by atoms with Gasteiger partial charge in [0.2, 0.25) is 0 Å². The summed E-state index contributed by atoms with van der Waals surface area (Å²) >= 11 is 6.10. The highest BCUT2D eigenvalue weighted by molar-refractivity contribution is 6.31. The Kier molecular flexibility index (Phi) is 3.77. The van der Waals surface area contributed by atoms with Crippen LogP contribution in [-0.2, 0) is 6.42 Å². The number of nitrogens with two attached hydrogens (primary N) is 1. The van der Waals surface area contributed by atoms with E-state index in [-0.39, 0.29) is 6.04 Å². The van der Waals surface area contributed by atoms with Crippen molar-refractivity contribution in [1.29, 1.82) is 0 Å². The molecular formula is C14H15ClN2. The lowest BCUT2D eigenvalue weighted by Crippen LogP contribution is -2.12. The molecule has 0 bridgehead atoms. The fraction of sp³-hybridized carbons (Fsp3) is 0.214. The van der Waals surface area contributed by atoms with Gasteiger partial charge in [0.1, 0.15) is 0 Å². The van der Waals surface area contributed by atoms with Crippen molar-refractivity contribution in [2.24, 2.45) is 5.73 Å². The Bertz CT molecular complexity index is 511. The van der Waals surface area contributed by atoms with Gasteiger partial charge in [-0.3, -0.25) is 4.98 Å². The molecule has 1 unspecified atom stereocenters. The van der Waals surface area contributed by atoms with Crippen LogP contribution in [0.25, 0.3) is 0 Å². The molecule has 2 N–H and O–H groups in total. The van der Waals surface area contributed by atoms with Crippen LogP contribution in [0.15, 0.2) is 42.7 Å². The van der Waals surface area contributed by atoms with E-state index in [0.717, 1.165) is 17.5 Å². The van der Waals surface area contributed by atoms with Crippen molar-refractivity contribution in [3.63, 3.8) is 0 Å². The third-order valence-corrected chi connectivity index (χ3v) is 3.17. The van der Waals surface area contributed by atoms with Crippen molar-refractivity contribution in [1.82, 2.24) is 4.98 Å². The fourth-order valence-corrected chi connectivity index (χ4v) is 2.06. The SMILES string of the molecule is CCc1cccc(C(N)c2ccncc2Cl)c1. The van der Waals surface area contributed by atoms with Gasteiger partial charge in [-0.25, -0.2) is 0 Å². The highest BCUT2D eigenvalue weighted by Crippen LogP contribution is 2.25. The summed E-state index contributed by atoms with van der Waals surface area (Å²) in [4.78, 5) is 3.97. The predicted octanol–water partition coefficient (Wildman–Crippen LogP) is 3.35. The van der Waals surface area contributed by atoms with Gasteiger partial charge >= 0.3 is 0 Å². The van der Waals surface area contributed by atoms with E-state index in [2.05, 4.69) is 24.0 Å². The molecule has 0 saturated heterocycles. The molecule has 2 rings (SSSR count). The van der Waals surface area contributed by atoms with Crippen molar-refractivity contribution in [2.45, 2.75) is 19.4 Å². The molecule has 0 radical (unpaired) electrons. The molecule has 0 aliphatic rings. The van der Waals surface area contributed by atoms with Crippen molar-refractivity contribution in [2.75, 3.05) is 0 Å². The Balaban J connectivity index is 2.37. The van der Waals surface area contributed by atoms with Crippen LogP contribution in [0, 0.1) is 0 Å². The number of pyridine rings is 1. The molecular weight excluding hydrogens is 232 g/mol. The second kappa shape index (κ2) is 5.30. The number of nitrogens with zero attached hydrogens (tertiary/aromatic N) is 1. The van der Waals surface area contributed by atoms with Gasteiger partial charge in [-0.15, -0.1) is 0 Å². The van der Waals surface area contributed by atoms with Crippen LogP contribution in [0.1, 0.15) is 29.7 Å². The van der Waals surface area contributed by atoms with E-state index in [0.29, 0.717) is 5.02 Å². The van der Waals surface area contributed by atoms with Crippen LogP contribution in [0.2, 0.25) is 5.02 Å². The minimum atomic E-state index is -0.197. The summed E-state index contributed by atoms with van der Waals surface area (Å²) in [5, 5.41) is 0.613. The van der Waals surface area contributed by atoms with Crippen molar-refractivity contribution in [3.05, 3.63) is 64.4 Å². The Morgan fingerprint density at radius 2 is 2.18 bits per heavy atom. The smallest absolute Gasteiger partial charge is 0.0640 e. The van der Waals surface area contributed by atoms with Crippen LogP contribution < -0.4 is 5.73 Å². The van der Waals surface area contributed by atoms with Crippen LogP contribution >= 0.6 is 11.6 Å². The lowest BCUT2D eigenvalue weighted by atomic mass is 9.98. The fourth-order valence-electron chi connectivity index (χ4n) is 1.82. The maximum absolute atomic E-state index is 6.23. The van der Waals surface area contributed by atoms with Crippen LogP contribution in [-0.4, -0.2) is 4.98 Å². The quantitative estimate of drug-likeness (QED) is 0.902. The monoisotopic (exact) mass is 246 g/mol. The first-order valence-electron chi connectivity index (χ1n) is 5.66. The lowest BCUT2D eigenvalue weighted by molar-refractivity contribution is 0.864. The van der Waals surface area contributed by atoms with E-state index < -0.39 is 0 Å². The number of rotatable bonds is 3. The normalized spacial score (nSPS) is 12.4. The standard InChI is InChI=1S/C14H15ClN2/c1-2-10-4-3-5-11(8-10)14(16)12-6-7-17-9-13(12)15/h3-9,14H,2,16H2,1H3. The zero-order valence-corrected chi connectivity index (χ0v) is 10.5. The molecule has 88 valence electrons. The molecule has 0 aliphatic carbocycles. The van der Waals surface area contributed by atoms with Gasteiger partial charge in [0.05, 0.1) is 11.1 Å². The summed E-state index contributed by atoms with van der Waals surface area (Å²) in [5.41, 5.74) is 9.50. The number of halogens is 1. The number of hydrogen-bond donors (Lipinski definition) is 1. The molecule has 0 spiro atoms. The maximum atomic E-state index is 6.23. The van der Waals surface area contributed by atoms with Gasteiger partial charge in [-0.1, -0.05) is 42.8 Å². The van der Waals surface area contributed by atoms with Gasteiger partial charge in [0.25, 0.3) is 0 Å². The molecule has 0 aliphatic heterocycles. The third kappa shape index (κ3) is 2.65. The largest absolute Gasteiger partial charge is 0.320 e. The van der Waals surface area contributed by atoms with Gasteiger partial charge in [0.15, 0.2) is 0 Å². The topological polar surface area (TPSA) is 38.9 Å². The average Bonchev–Trinajstić information content (AvgIpc) is 2.38. The molecule has 0 saturated carbocycles. The van der Waals surface area contributed by atoms with Gasteiger partial charge in [-0.2, -0.15) is 0 Å². The number of aryl methyl sites for hydroxylation is 1. The van der Waals surface area contributed by atoms with Crippen LogP contribution in [0.3, 0.4) is 0 Å². The summed E-state index contributed by atoms with van der Waals surface area (Å²) in [7, 11) is 0. The molecule has 2 nitrogen and oxygen atoms in total. The van der Waals surface area contributed by atoms with E-state index in [1.807, 2.05) is 18.2 Å². The van der Waals surface area contributed by atoms with Gasteiger partial charge < -0.3 is 5.73 Å². The molecule has 1 aromatic carbocycles. The third-order valence-electron chi connectivity index (χ3n) is 2.86. The van der Waals surface area contributed by atoms with Gasteiger partial charge in [0, 0.05) is 12.4 Å². The maximum Gasteiger partial charge on any atom is 0.0640 e. The minimum Gasteiger partial charge on any atom is -0.320 e. The molecule has 0 fully saturated rings. The summed E-state index contributed by atoms with van der Waals surface area (Å²) in [6.45, 7) is 2.13. The average molecular weight is 247 g/mol. The number of aromatic nitrogens is 1. The molecule has 1 aromatic heterocycles. The van der Waals surface area contributed by atoms with Crippen molar-refractivity contribution in [3.8, 4) is 0 Å². The van der Waals surface area contributed by atoms with Gasteiger partial charge in [-0.05, 0) is 29.2 Å². The molecule has 17 heavy (non-hydrogen) atoms. The molecule has 1 heterocycles. The van der Waals surface area contributed by atoms with Crippen LogP contribution in [0.5, 0.6) is 0 Å². The van der Waals surface area contributed by atoms with E-state index in [1.165, 1.54) is 5.56 Å². The second-order valence-corrected chi connectivity index (χ2v) is 4.38. The lowest BCUT2D eigenvalue weighted by Gasteiger charge is -2.14. The van der Waals surface area contributed by atoms with E-state index in [4.69, 9.17) is 17.3 Å². The minimum absolute atomic E-state index is 0.197. The summed E-state index contributed by atoms with van der Waals surface area (Å²) in [5.74, 6) is 0. The first kappa shape index (κ1) is 12.1. The zero-order valence-electron chi connectivity index (χ0n) is 9.73. The van der Waals surface area contributed by atoms with E-state index in [1.54, 1.807) is 12.4 Å². The highest BCUT2D eigenvalue weighted by Gasteiger charge is 2.12. The number of benzene rings is 1.